The van der Waals surface area contributed by atoms with Crippen LogP contribution in [0.3, 0.4) is 0 Å². The van der Waals surface area contributed by atoms with Crippen LogP contribution >= 0.6 is 0 Å². The van der Waals surface area contributed by atoms with Gasteiger partial charge in [0, 0.05) is 6.42 Å². The number of ether oxygens (including phenoxy) is 6. The molecule has 16 saturated carbocycles. The van der Waals surface area contributed by atoms with Crippen LogP contribution in [0.4, 0.5) is 8.78 Å². The van der Waals surface area contributed by atoms with Crippen LogP contribution in [0.25, 0.3) is 0 Å². The molecule has 3 aromatic rings. The highest BCUT2D eigenvalue weighted by molar-refractivity contribution is 7.87. The summed E-state index contributed by atoms with van der Waals surface area (Å²) in [4.78, 5) is 87.0. The second-order valence-electron chi connectivity index (χ2n) is 37.9. The first kappa shape index (κ1) is 90.4. The second-order valence-corrected chi connectivity index (χ2v) is 43.7. The Morgan fingerprint density at radius 2 is 0.639 bits per heavy atom. The van der Waals surface area contributed by atoms with Crippen molar-refractivity contribution in [1.29, 1.82) is 0 Å². The molecule has 19 rings (SSSR count). The van der Waals surface area contributed by atoms with Gasteiger partial charge in [-0.1, -0.05) is 77.0 Å². The third-order valence-corrected chi connectivity index (χ3v) is 32.9. The van der Waals surface area contributed by atoms with Crippen molar-refractivity contribution in [2.24, 2.45) is 82.3 Å². The molecule has 31 heteroatoms. The Bertz CT molecular complexity index is 4430. The summed E-state index contributed by atoms with van der Waals surface area (Å²) in [6.07, 6.45) is 39.5. The normalized spacial score (nSPS) is 30.4. The summed E-state index contributed by atoms with van der Waals surface area (Å²) >= 11 is 0. The lowest BCUT2D eigenvalue weighted by Gasteiger charge is -2.59. The SMILES string of the molecule is CC1(OC(=O)c2cc(C(=O)OC3(C)C4CC5CC(C4)CC3C5)cc(S(=O)(=O)O)c2)C2CC3CC(C2)CC1C3.O=C(CCC12CC3CC(CC(C3)C1)C2)C(F)(F)S(=O)(=O)O.O=C(OC1CCCCC1)c1cc(C(=O)OC2CCCCC2)cc(S(=O)(=O)O)c1.O=C(OCCC1CCCCC1)c1cc(C(=O)OCCC2CCCCC2)cc(S(=O)(=O)O)c1. The molecule has 658 valence electrons. The van der Waals surface area contributed by atoms with Crippen molar-refractivity contribution < 1.29 is 123 Å². The molecule has 12 bridgehead atoms. The molecule has 16 aliphatic carbocycles. The van der Waals surface area contributed by atoms with Crippen molar-refractivity contribution in [2.75, 3.05) is 13.2 Å². The molecule has 0 radical (unpaired) electrons. The molecule has 3 aromatic carbocycles. The summed E-state index contributed by atoms with van der Waals surface area (Å²) in [6.45, 7) is 4.52. The lowest BCUT2D eigenvalue weighted by molar-refractivity contribution is -0.165. The first-order valence-electron chi connectivity index (χ1n) is 43.7. The number of esters is 6. The molecule has 25 nitrogen and oxygen atoms in total. The molecule has 0 atom stereocenters. The minimum atomic E-state index is -5.66. The van der Waals surface area contributed by atoms with E-state index in [1.807, 2.05) is 13.8 Å². The molecule has 4 N–H and O–H groups in total. The minimum absolute atomic E-state index is 0.0441. The van der Waals surface area contributed by atoms with E-state index in [9.17, 15) is 89.7 Å². The Kier molecular flexibility index (Phi) is 28.3. The number of carbonyl (C=O) groups is 7. The van der Waals surface area contributed by atoms with Gasteiger partial charge < -0.3 is 28.4 Å². The minimum Gasteiger partial charge on any atom is -0.462 e. The largest absolute Gasteiger partial charge is 0.462 e. The molecule has 119 heavy (non-hydrogen) atoms. The monoisotopic (exact) mass is 1740 g/mol. The zero-order valence-electron chi connectivity index (χ0n) is 68.3. The molecule has 0 aliphatic heterocycles. The molecule has 0 saturated heterocycles. The van der Waals surface area contributed by atoms with Gasteiger partial charge in [0.15, 0.2) is 0 Å². The van der Waals surface area contributed by atoms with E-state index in [-0.39, 0.29) is 64.2 Å². The highest BCUT2D eigenvalue weighted by atomic mass is 32.2. The zero-order chi connectivity index (χ0) is 85.2. The number of hydrogen-bond acceptors (Lipinski definition) is 21. The lowest BCUT2D eigenvalue weighted by Crippen LogP contribution is -2.58. The summed E-state index contributed by atoms with van der Waals surface area (Å²) in [5.74, 6) is 1.21. The van der Waals surface area contributed by atoms with E-state index in [2.05, 4.69) is 0 Å². The van der Waals surface area contributed by atoms with E-state index in [0.29, 0.717) is 83.4 Å². The standard InChI is InChI=1S/C30H38O7S.C24H34O7S.C20H26O7S.C14H20F2O4S/c1-29(22-5-16-3-17(7-22)8-23(29)6-16)36-27(31)20-13-21(15-26(14-20)38(33,34)35)28(32)37-30(2)24-9-18-4-19(11-24)12-25(30)10-18;25-23(30-13-11-18-7-3-1-4-8-18)20-15-21(17-22(16-20)32(27,28)29)24(26)31-14-12-19-9-5-2-6-10-19;21-19(26-16-7-3-1-4-8-16)14-11-15(13-18(12-14)28(23,24)25)20(22)27-17-9-5-2-6-10-17;15-14(16,21(18,19)20)12(17)1-2-13-6-9-3-10(7-13)5-11(4-9)8-13/h13-19,22-25H,3-12H2,1-2H3,(H,33,34,35);15-19H,1-14H2,(H,27,28,29);11-13,16-17H,1-10H2,(H,23,24,25);9-11H,1-8H2,(H,18,19,20). The second kappa shape index (κ2) is 37.2. The molecule has 0 amide bonds. The molecule has 16 aliphatic rings. The number of rotatable bonds is 24. The quantitative estimate of drug-likeness (QED) is 0.0367. The van der Waals surface area contributed by atoms with Crippen LogP contribution in [0.5, 0.6) is 0 Å². The van der Waals surface area contributed by atoms with Gasteiger partial charge in [-0.05, 0) is 324 Å². The third-order valence-electron chi connectivity index (χ3n) is 29.5. The lowest BCUT2D eigenvalue weighted by atomic mass is 9.48. The van der Waals surface area contributed by atoms with E-state index >= 15 is 0 Å². The maximum absolute atomic E-state index is 13.5. The van der Waals surface area contributed by atoms with E-state index in [4.69, 9.17) is 33.0 Å². The van der Waals surface area contributed by atoms with Crippen LogP contribution in [-0.4, -0.2) is 135 Å². The van der Waals surface area contributed by atoms with Crippen molar-refractivity contribution in [3.63, 3.8) is 0 Å². The summed E-state index contributed by atoms with van der Waals surface area (Å²) < 4.78 is 190. The van der Waals surface area contributed by atoms with Gasteiger partial charge >= 0.3 is 51.2 Å². The Morgan fingerprint density at radius 3 is 0.924 bits per heavy atom. The van der Waals surface area contributed by atoms with Gasteiger partial charge in [-0.2, -0.15) is 42.5 Å². The van der Waals surface area contributed by atoms with Gasteiger partial charge in [0.25, 0.3) is 30.4 Å². The molecule has 0 aromatic heterocycles. The molecule has 0 heterocycles. The van der Waals surface area contributed by atoms with Gasteiger partial charge in [-0.3, -0.25) is 23.0 Å². The van der Waals surface area contributed by atoms with Gasteiger partial charge in [0.2, 0.25) is 5.78 Å². The summed E-state index contributed by atoms with van der Waals surface area (Å²) in [5.41, 5.74) is -1.71. The molecule has 16 fully saturated rings. The number of halogens is 2. The van der Waals surface area contributed by atoms with Crippen LogP contribution in [0.15, 0.2) is 69.3 Å². The van der Waals surface area contributed by atoms with E-state index in [1.165, 1.54) is 88.8 Å². The van der Waals surface area contributed by atoms with Crippen molar-refractivity contribution in [1.82, 2.24) is 0 Å². The van der Waals surface area contributed by atoms with Crippen LogP contribution in [0.2, 0.25) is 0 Å². The first-order chi connectivity index (χ1) is 56.2. The van der Waals surface area contributed by atoms with Crippen molar-refractivity contribution in [2.45, 2.75) is 314 Å². The fourth-order valence-electron chi connectivity index (χ4n) is 23.9. The van der Waals surface area contributed by atoms with Crippen LogP contribution in [0.1, 0.15) is 333 Å². The van der Waals surface area contributed by atoms with Crippen molar-refractivity contribution in [3.8, 4) is 0 Å². The smallest absolute Gasteiger partial charge is 0.426 e. The van der Waals surface area contributed by atoms with Crippen LogP contribution in [0, 0.1) is 82.3 Å². The van der Waals surface area contributed by atoms with Crippen LogP contribution < -0.4 is 0 Å². The first-order valence-corrected chi connectivity index (χ1v) is 49.4. The highest BCUT2D eigenvalue weighted by Crippen LogP contribution is 2.63. The zero-order valence-corrected chi connectivity index (χ0v) is 71.6. The number of benzene rings is 3. The maximum atomic E-state index is 13.5. The predicted octanol–water partition coefficient (Wildman–Crippen LogP) is 17.8. The number of ketones is 1. The topological polar surface area (TPSA) is 392 Å². The van der Waals surface area contributed by atoms with Crippen molar-refractivity contribution >= 4 is 82.1 Å². The third kappa shape index (κ3) is 22.2. The highest BCUT2D eigenvalue weighted by Gasteiger charge is 2.60. The molecular formula is C88H118F2O25S4. The Hall–Kier alpha value is -6.35. The van der Waals surface area contributed by atoms with E-state index in [0.717, 1.165) is 210 Å². The summed E-state index contributed by atoms with van der Waals surface area (Å²) in [6, 6.07) is 10.2. The van der Waals surface area contributed by atoms with Gasteiger partial charge in [0.05, 0.1) is 61.3 Å². The molecular weight excluding hydrogens is 1620 g/mol. The Labute approximate surface area is 698 Å². The predicted molar refractivity (Wildman–Crippen MR) is 429 cm³/mol. The Morgan fingerprint density at radius 1 is 0.370 bits per heavy atom. The number of carbonyl (C=O) groups excluding carboxylic acids is 7. The van der Waals surface area contributed by atoms with Gasteiger partial charge in [0.1, 0.15) is 23.4 Å². The van der Waals surface area contributed by atoms with Crippen LogP contribution in [-0.2, 0) is 73.7 Å². The molecule has 0 unspecified atom stereocenters. The average molecular weight is 1740 g/mol. The van der Waals surface area contributed by atoms with Crippen molar-refractivity contribution in [3.05, 3.63) is 88.0 Å². The fraction of sp³-hybridized carbons (Fsp3) is 0.716. The Balaban J connectivity index is 0.000000140. The number of hydrogen-bond donors (Lipinski definition) is 4. The van der Waals surface area contributed by atoms with E-state index in [1.54, 1.807) is 0 Å². The summed E-state index contributed by atoms with van der Waals surface area (Å²) in [5, 5.41) is -4.67. The fourth-order valence-corrected chi connectivity index (χ4v) is 25.9. The number of Topliss-reactive ketones (excluding diaryl/α,β-unsaturated/α-hetero) is 1. The van der Waals surface area contributed by atoms with Gasteiger partial charge in [-0.15, -0.1) is 0 Å². The van der Waals surface area contributed by atoms with Gasteiger partial charge in [-0.25, -0.2) is 28.8 Å². The molecule has 0 spiro atoms. The number of alkyl halides is 2. The summed E-state index contributed by atoms with van der Waals surface area (Å²) in [7, 11) is -19.5. The maximum Gasteiger partial charge on any atom is 0.426 e. The van der Waals surface area contributed by atoms with E-state index < -0.39 is 120 Å². The average Bonchev–Trinajstić information content (AvgIpc) is 0.739.